The van der Waals surface area contributed by atoms with E-state index in [2.05, 4.69) is 30.6 Å². The lowest BCUT2D eigenvalue weighted by atomic mass is 10.2. The van der Waals surface area contributed by atoms with Crippen LogP contribution in [-0.2, 0) is 0 Å². The van der Waals surface area contributed by atoms with E-state index < -0.39 is 0 Å². The number of pyridine rings is 2. The molecule has 3 rings (SSSR count). The first-order chi connectivity index (χ1) is 12.6. The minimum Gasteiger partial charge on any atom is -0.480 e. The summed E-state index contributed by atoms with van der Waals surface area (Å²) < 4.78 is 18.3. The molecule has 3 aromatic rings. The lowest BCUT2D eigenvalue weighted by Gasteiger charge is -2.16. The zero-order chi connectivity index (χ0) is 18.5. The summed E-state index contributed by atoms with van der Waals surface area (Å²) in [6.45, 7) is 3.83. The molecule has 0 aromatic carbocycles. The lowest BCUT2D eigenvalue weighted by Crippen LogP contribution is -2.12. The molecule has 1 atom stereocenters. The first-order valence-electron chi connectivity index (χ1n) is 8.04. The van der Waals surface area contributed by atoms with Crippen LogP contribution in [0.3, 0.4) is 0 Å². The molecule has 26 heavy (non-hydrogen) atoms. The fraction of sp³-hybridized carbons (Fsp3) is 0.222. The smallest absolute Gasteiger partial charge is 0.237 e. The maximum absolute atomic E-state index is 13.0. The van der Waals surface area contributed by atoms with Crippen LogP contribution in [0.2, 0.25) is 0 Å². The van der Waals surface area contributed by atoms with Crippen LogP contribution in [0.15, 0.2) is 42.9 Å². The largest absolute Gasteiger partial charge is 0.480 e. The molecular weight excluding hydrogens is 335 g/mol. The van der Waals surface area contributed by atoms with Gasteiger partial charge in [0.25, 0.3) is 0 Å². The van der Waals surface area contributed by atoms with Gasteiger partial charge >= 0.3 is 0 Å². The van der Waals surface area contributed by atoms with Gasteiger partial charge in [0.2, 0.25) is 11.8 Å². The molecule has 0 fully saturated rings. The lowest BCUT2D eigenvalue weighted by molar-refractivity contribution is 0.400. The Morgan fingerprint density at radius 3 is 2.69 bits per heavy atom. The van der Waals surface area contributed by atoms with Gasteiger partial charge in [-0.05, 0) is 38.1 Å². The fourth-order valence-corrected chi connectivity index (χ4v) is 2.34. The van der Waals surface area contributed by atoms with Gasteiger partial charge in [-0.25, -0.2) is 14.4 Å². The van der Waals surface area contributed by atoms with Crippen molar-refractivity contribution in [2.45, 2.75) is 19.9 Å². The highest BCUT2D eigenvalue weighted by Gasteiger charge is 2.12. The number of aromatic nitrogens is 4. The number of anilines is 3. The number of hydrogen-bond donors (Lipinski definition) is 2. The van der Waals surface area contributed by atoms with Gasteiger partial charge in [-0.2, -0.15) is 4.98 Å². The van der Waals surface area contributed by atoms with Gasteiger partial charge in [0.05, 0.1) is 25.0 Å². The van der Waals surface area contributed by atoms with Crippen molar-refractivity contribution in [1.82, 2.24) is 19.9 Å². The molecule has 0 spiro atoms. The van der Waals surface area contributed by atoms with Crippen LogP contribution in [0.4, 0.5) is 21.8 Å². The maximum Gasteiger partial charge on any atom is 0.237 e. The summed E-state index contributed by atoms with van der Waals surface area (Å²) in [5.41, 5.74) is 2.26. The third-order valence-corrected chi connectivity index (χ3v) is 3.73. The zero-order valence-corrected chi connectivity index (χ0v) is 14.7. The summed E-state index contributed by atoms with van der Waals surface area (Å²) in [5, 5.41) is 6.37. The molecule has 2 N–H and O–H groups in total. The second-order valence-corrected chi connectivity index (χ2v) is 5.68. The van der Waals surface area contributed by atoms with E-state index in [1.807, 2.05) is 19.9 Å². The fourth-order valence-electron chi connectivity index (χ4n) is 2.34. The Morgan fingerprint density at radius 2 is 1.96 bits per heavy atom. The van der Waals surface area contributed by atoms with Crippen LogP contribution < -0.4 is 15.4 Å². The summed E-state index contributed by atoms with van der Waals surface area (Å²) in [7, 11) is 1.55. The quantitative estimate of drug-likeness (QED) is 0.699. The molecule has 0 aliphatic heterocycles. The second-order valence-electron chi connectivity index (χ2n) is 5.68. The first kappa shape index (κ1) is 17.5. The number of nitrogens with one attached hydrogen (secondary N) is 2. The van der Waals surface area contributed by atoms with Crippen LogP contribution in [0.25, 0.3) is 0 Å². The van der Waals surface area contributed by atoms with E-state index in [9.17, 15) is 4.39 Å². The minimum atomic E-state index is -0.365. The summed E-state index contributed by atoms with van der Waals surface area (Å²) >= 11 is 0. The average Bonchev–Trinajstić information content (AvgIpc) is 2.65. The predicted molar refractivity (Wildman–Crippen MR) is 97.1 cm³/mol. The number of aryl methyl sites for hydroxylation is 1. The van der Waals surface area contributed by atoms with E-state index in [4.69, 9.17) is 4.74 Å². The molecule has 0 amide bonds. The Hall–Kier alpha value is -3.29. The van der Waals surface area contributed by atoms with Gasteiger partial charge in [-0.1, -0.05) is 0 Å². The third-order valence-electron chi connectivity index (χ3n) is 3.73. The normalized spacial score (nSPS) is 11.7. The van der Waals surface area contributed by atoms with Crippen molar-refractivity contribution in [3.63, 3.8) is 0 Å². The van der Waals surface area contributed by atoms with Crippen molar-refractivity contribution in [1.29, 1.82) is 0 Å². The highest BCUT2D eigenvalue weighted by Crippen LogP contribution is 2.25. The van der Waals surface area contributed by atoms with Crippen LogP contribution in [-0.4, -0.2) is 27.0 Å². The molecule has 3 aromatic heterocycles. The summed E-state index contributed by atoms with van der Waals surface area (Å²) in [5.74, 6) is 1.15. The molecular formula is C18H19FN6O. The Labute approximate surface area is 150 Å². The van der Waals surface area contributed by atoms with E-state index in [1.54, 1.807) is 31.6 Å². The molecule has 134 valence electrons. The van der Waals surface area contributed by atoms with Crippen LogP contribution in [0.1, 0.15) is 24.2 Å². The van der Waals surface area contributed by atoms with Crippen LogP contribution in [0, 0.1) is 12.7 Å². The van der Waals surface area contributed by atoms with E-state index in [1.165, 1.54) is 12.3 Å². The number of hydrogen-bond acceptors (Lipinski definition) is 7. The standard InChI is InChI=1S/C18H19FN6O/c1-11-9-22-18(24-15-5-4-8-20-17(15)26-3)25-16(11)23-12(2)14-7-6-13(19)10-21-14/h4-10,12H,1-3H3,(H2,22,23,24,25)/t12-/m0/s1. The zero-order valence-electron chi connectivity index (χ0n) is 14.7. The van der Waals surface area contributed by atoms with Crippen molar-refractivity contribution in [3.8, 4) is 5.88 Å². The topological polar surface area (TPSA) is 84.9 Å². The molecule has 7 nitrogen and oxygen atoms in total. The second kappa shape index (κ2) is 7.73. The van der Waals surface area contributed by atoms with Crippen molar-refractivity contribution < 1.29 is 9.13 Å². The van der Waals surface area contributed by atoms with Crippen molar-refractivity contribution in [3.05, 3.63) is 59.9 Å². The summed E-state index contributed by atoms with van der Waals surface area (Å²) in [4.78, 5) is 17.0. The van der Waals surface area contributed by atoms with Gasteiger partial charge in [-0.3, -0.25) is 4.98 Å². The first-order valence-corrected chi connectivity index (χ1v) is 8.04. The van der Waals surface area contributed by atoms with E-state index in [0.717, 1.165) is 5.56 Å². The highest BCUT2D eigenvalue weighted by atomic mass is 19.1. The molecule has 0 aliphatic rings. The average molecular weight is 354 g/mol. The number of ether oxygens (including phenoxy) is 1. The molecule has 0 bridgehead atoms. The SMILES string of the molecule is COc1ncccc1Nc1ncc(C)c(N[C@@H](C)c2ccc(F)cn2)n1. The Kier molecular flexibility index (Phi) is 5.21. The van der Waals surface area contributed by atoms with E-state index in [-0.39, 0.29) is 11.9 Å². The molecule has 0 saturated heterocycles. The van der Waals surface area contributed by atoms with Gasteiger partial charge in [0.15, 0.2) is 0 Å². The summed E-state index contributed by atoms with van der Waals surface area (Å²) in [6, 6.07) is 6.50. The van der Waals surface area contributed by atoms with E-state index in [0.29, 0.717) is 29.0 Å². The van der Waals surface area contributed by atoms with Crippen molar-refractivity contribution >= 4 is 17.5 Å². The summed E-state index contributed by atoms with van der Waals surface area (Å²) in [6.07, 6.45) is 4.55. The molecule has 0 saturated carbocycles. The van der Waals surface area contributed by atoms with Crippen molar-refractivity contribution in [2.24, 2.45) is 0 Å². The third kappa shape index (κ3) is 4.02. The maximum atomic E-state index is 13.0. The highest BCUT2D eigenvalue weighted by molar-refractivity contribution is 5.61. The van der Waals surface area contributed by atoms with Gasteiger partial charge in [0, 0.05) is 18.0 Å². The predicted octanol–water partition coefficient (Wildman–Crippen LogP) is 3.64. The molecule has 8 heteroatoms. The van der Waals surface area contributed by atoms with Crippen molar-refractivity contribution in [2.75, 3.05) is 17.7 Å². The van der Waals surface area contributed by atoms with Gasteiger partial charge < -0.3 is 15.4 Å². The van der Waals surface area contributed by atoms with E-state index >= 15 is 0 Å². The number of nitrogens with zero attached hydrogens (tertiary/aromatic N) is 4. The Balaban J connectivity index is 1.80. The minimum absolute atomic E-state index is 0.148. The molecule has 0 unspecified atom stereocenters. The van der Waals surface area contributed by atoms with Gasteiger partial charge in [0.1, 0.15) is 17.3 Å². The molecule has 0 aliphatic carbocycles. The number of rotatable bonds is 6. The monoisotopic (exact) mass is 354 g/mol. The van der Waals surface area contributed by atoms with Crippen LogP contribution >= 0.6 is 0 Å². The molecule has 3 heterocycles. The van der Waals surface area contributed by atoms with Crippen LogP contribution in [0.5, 0.6) is 5.88 Å². The Morgan fingerprint density at radius 1 is 1.12 bits per heavy atom. The number of methoxy groups -OCH3 is 1. The van der Waals surface area contributed by atoms with Gasteiger partial charge in [-0.15, -0.1) is 0 Å². The number of halogens is 1. The Bertz CT molecular complexity index is 887. The molecule has 0 radical (unpaired) electrons.